The van der Waals surface area contributed by atoms with Crippen molar-refractivity contribution in [1.82, 2.24) is 0 Å². The van der Waals surface area contributed by atoms with Crippen molar-refractivity contribution in [2.24, 2.45) is 0 Å². The SMILES string of the molecule is COc1ccc([N+](=O)[O-])cc1NC(=O)/C=C/c1ccc(OC(C)C)c(OC)c1. The van der Waals surface area contributed by atoms with E-state index in [0.717, 1.165) is 5.56 Å². The molecule has 8 heteroatoms. The second kappa shape index (κ2) is 9.40. The topological polar surface area (TPSA) is 99.9 Å². The lowest BCUT2D eigenvalue weighted by Gasteiger charge is -2.13. The number of non-ortho nitro benzene ring substituents is 1. The van der Waals surface area contributed by atoms with Gasteiger partial charge in [0.25, 0.3) is 5.69 Å². The smallest absolute Gasteiger partial charge is 0.271 e. The van der Waals surface area contributed by atoms with Crippen molar-refractivity contribution in [3.05, 3.63) is 58.2 Å². The largest absolute Gasteiger partial charge is 0.495 e. The van der Waals surface area contributed by atoms with E-state index in [0.29, 0.717) is 17.2 Å². The molecule has 28 heavy (non-hydrogen) atoms. The summed E-state index contributed by atoms with van der Waals surface area (Å²) in [4.78, 5) is 22.6. The zero-order valence-corrected chi connectivity index (χ0v) is 16.1. The Morgan fingerprint density at radius 1 is 1.07 bits per heavy atom. The third-order valence-corrected chi connectivity index (χ3v) is 3.63. The molecule has 148 valence electrons. The van der Waals surface area contributed by atoms with Gasteiger partial charge in [0.2, 0.25) is 5.91 Å². The quantitative estimate of drug-likeness (QED) is 0.417. The summed E-state index contributed by atoms with van der Waals surface area (Å²) in [6.45, 7) is 3.83. The highest BCUT2D eigenvalue weighted by molar-refractivity contribution is 6.03. The van der Waals surface area contributed by atoms with Crippen molar-refractivity contribution in [2.45, 2.75) is 20.0 Å². The highest BCUT2D eigenvalue weighted by Crippen LogP contribution is 2.30. The highest BCUT2D eigenvalue weighted by atomic mass is 16.6. The van der Waals surface area contributed by atoms with Gasteiger partial charge in [0, 0.05) is 18.2 Å². The van der Waals surface area contributed by atoms with Crippen molar-refractivity contribution in [3.63, 3.8) is 0 Å². The van der Waals surface area contributed by atoms with Crippen molar-refractivity contribution >= 4 is 23.4 Å². The summed E-state index contributed by atoms with van der Waals surface area (Å²) in [5.41, 5.74) is 0.796. The zero-order chi connectivity index (χ0) is 20.7. The molecular formula is C20H22N2O6. The van der Waals surface area contributed by atoms with Crippen LogP contribution < -0.4 is 19.5 Å². The number of nitro groups is 1. The van der Waals surface area contributed by atoms with Crippen LogP contribution in [0.2, 0.25) is 0 Å². The van der Waals surface area contributed by atoms with Gasteiger partial charge in [0.15, 0.2) is 11.5 Å². The average Bonchev–Trinajstić information content (AvgIpc) is 2.66. The number of benzene rings is 2. The number of nitrogens with zero attached hydrogens (tertiary/aromatic N) is 1. The Labute approximate surface area is 162 Å². The second-order valence-corrected chi connectivity index (χ2v) is 6.04. The summed E-state index contributed by atoms with van der Waals surface area (Å²) < 4.78 is 16.1. The number of carbonyl (C=O) groups excluding carboxylic acids is 1. The Morgan fingerprint density at radius 2 is 1.75 bits per heavy atom. The molecular weight excluding hydrogens is 364 g/mol. The number of hydrogen-bond acceptors (Lipinski definition) is 6. The maximum Gasteiger partial charge on any atom is 0.271 e. The molecule has 0 aliphatic rings. The molecule has 0 saturated heterocycles. The minimum Gasteiger partial charge on any atom is -0.495 e. The number of hydrogen-bond donors (Lipinski definition) is 1. The third kappa shape index (κ3) is 5.47. The van der Waals surface area contributed by atoms with Gasteiger partial charge in [-0.2, -0.15) is 0 Å². The molecule has 8 nitrogen and oxygen atoms in total. The molecule has 0 heterocycles. The number of methoxy groups -OCH3 is 2. The lowest BCUT2D eigenvalue weighted by Crippen LogP contribution is -2.09. The van der Waals surface area contributed by atoms with Gasteiger partial charge in [0.05, 0.1) is 30.9 Å². The molecule has 0 saturated carbocycles. The molecule has 0 fully saturated rings. The molecule has 0 aromatic heterocycles. The number of rotatable bonds is 8. The van der Waals surface area contributed by atoms with Crippen LogP contribution in [0, 0.1) is 10.1 Å². The minimum absolute atomic E-state index is 0.00554. The monoisotopic (exact) mass is 386 g/mol. The zero-order valence-electron chi connectivity index (χ0n) is 16.1. The van der Waals surface area contributed by atoms with E-state index >= 15 is 0 Å². The molecule has 0 bridgehead atoms. The number of anilines is 1. The van der Waals surface area contributed by atoms with Crippen molar-refractivity contribution in [1.29, 1.82) is 0 Å². The molecule has 2 aromatic rings. The van der Waals surface area contributed by atoms with Gasteiger partial charge in [-0.3, -0.25) is 14.9 Å². The van der Waals surface area contributed by atoms with Crippen LogP contribution in [-0.2, 0) is 4.79 Å². The van der Waals surface area contributed by atoms with E-state index in [2.05, 4.69) is 5.32 Å². The van der Waals surface area contributed by atoms with Crippen LogP contribution in [0.15, 0.2) is 42.5 Å². The molecule has 0 aliphatic carbocycles. The summed E-state index contributed by atoms with van der Waals surface area (Å²) in [5.74, 6) is 1.03. The van der Waals surface area contributed by atoms with Gasteiger partial charge in [-0.25, -0.2) is 0 Å². The molecule has 0 aliphatic heterocycles. The molecule has 1 N–H and O–H groups in total. The molecule has 0 spiro atoms. The lowest BCUT2D eigenvalue weighted by molar-refractivity contribution is -0.384. The molecule has 0 unspecified atom stereocenters. The van der Waals surface area contributed by atoms with Gasteiger partial charge in [0.1, 0.15) is 5.75 Å². The predicted molar refractivity (Wildman–Crippen MR) is 106 cm³/mol. The fourth-order valence-electron chi connectivity index (χ4n) is 2.39. The highest BCUT2D eigenvalue weighted by Gasteiger charge is 2.13. The van der Waals surface area contributed by atoms with Gasteiger partial charge in [-0.15, -0.1) is 0 Å². The summed E-state index contributed by atoms with van der Waals surface area (Å²) >= 11 is 0. The van der Waals surface area contributed by atoms with Crippen molar-refractivity contribution in [2.75, 3.05) is 19.5 Å². The molecule has 0 radical (unpaired) electrons. The van der Waals surface area contributed by atoms with E-state index in [9.17, 15) is 14.9 Å². The number of ether oxygens (including phenoxy) is 3. The average molecular weight is 386 g/mol. The normalized spacial score (nSPS) is 10.8. The Hall–Kier alpha value is -3.55. The number of amides is 1. The second-order valence-electron chi connectivity index (χ2n) is 6.04. The standard InChI is InChI=1S/C20H22N2O6/c1-13(2)28-18-8-5-14(11-19(18)27-4)6-10-20(23)21-16-12-15(22(24)25)7-9-17(16)26-3/h5-13H,1-4H3,(H,21,23)/b10-6+. The van der Waals surface area contributed by atoms with E-state index in [1.54, 1.807) is 24.3 Å². The Balaban J connectivity index is 2.16. The minimum atomic E-state index is -0.544. The van der Waals surface area contributed by atoms with E-state index in [1.165, 1.54) is 38.5 Å². The van der Waals surface area contributed by atoms with Gasteiger partial charge in [-0.1, -0.05) is 6.07 Å². The fraction of sp³-hybridized carbons (Fsp3) is 0.250. The Kier molecular flexibility index (Phi) is 6.97. The van der Waals surface area contributed by atoms with E-state index in [1.807, 2.05) is 13.8 Å². The first kappa shape index (κ1) is 20.8. The Bertz CT molecular complexity index is 892. The van der Waals surface area contributed by atoms with Gasteiger partial charge >= 0.3 is 0 Å². The first-order chi connectivity index (χ1) is 13.3. The van der Waals surface area contributed by atoms with Crippen LogP contribution in [0.25, 0.3) is 6.08 Å². The van der Waals surface area contributed by atoms with E-state index in [4.69, 9.17) is 14.2 Å². The molecule has 2 aromatic carbocycles. The maximum atomic E-state index is 12.2. The first-order valence-electron chi connectivity index (χ1n) is 8.50. The maximum absolute atomic E-state index is 12.2. The first-order valence-corrected chi connectivity index (χ1v) is 8.50. The van der Waals surface area contributed by atoms with E-state index < -0.39 is 10.8 Å². The van der Waals surface area contributed by atoms with Crippen LogP contribution in [0.1, 0.15) is 19.4 Å². The van der Waals surface area contributed by atoms with Crippen molar-refractivity contribution < 1.29 is 23.9 Å². The van der Waals surface area contributed by atoms with Crippen LogP contribution in [0.3, 0.4) is 0 Å². The predicted octanol–water partition coefficient (Wildman–Crippen LogP) is 4.05. The van der Waals surface area contributed by atoms with Crippen molar-refractivity contribution in [3.8, 4) is 17.2 Å². The number of carbonyl (C=O) groups is 1. The fourth-order valence-corrected chi connectivity index (χ4v) is 2.39. The van der Waals surface area contributed by atoms with Crippen LogP contribution >= 0.6 is 0 Å². The van der Waals surface area contributed by atoms with Crippen LogP contribution in [0.4, 0.5) is 11.4 Å². The van der Waals surface area contributed by atoms with E-state index in [-0.39, 0.29) is 17.5 Å². The van der Waals surface area contributed by atoms with Gasteiger partial charge < -0.3 is 19.5 Å². The third-order valence-electron chi connectivity index (χ3n) is 3.63. The summed E-state index contributed by atoms with van der Waals surface area (Å²) in [6.07, 6.45) is 2.92. The Morgan fingerprint density at radius 3 is 2.36 bits per heavy atom. The van der Waals surface area contributed by atoms with Crippen LogP contribution in [0.5, 0.6) is 17.2 Å². The molecule has 2 rings (SSSR count). The number of nitrogens with one attached hydrogen (secondary N) is 1. The summed E-state index contributed by atoms with van der Waals surface area (Å²) in [5, 5.41) is 13.5. The van der Waals surface area contributed by atoms with Crippen LogP contribution in [-0.4, -0.2) is 31.2 Å². The molecule has 1 amide bonds. The molecule has 0 atom stereocenters. The summed E-state index contributed by atoms with van der Waals surface area (Å²) in [7, 11) is 2.96. The van der Waals surface area contributed by atoms with Gasteiger partial charge in [-0.05, 0) is 43.7 Å². The lowest BCUT2D eigenvalue weighted by atomic mass is 10.2. The summed E-state index contributed by atoms with van der Waals surface area (Å²) in [6, 6.07) is 9.27. The number of nitro benzene ring substituents is 1.